The van der Waals surface area contributed by atoms with Gasteiger partial charge in [0, 0.05) is 5.02 Å². The average molecular weight is 501 g/mol. The van der Waals surface area contributed by atoms with Crippen LogP contribution in [0, 0.1) is 0 Å². The van der Waals surface area contributed by atoms with Gasteiger partial charge >= 0.3 is 5.97 Å². The zero-order valence-electron chi connectivity index (χ0n) is 13.1. The summed E-state index contributed by atoms with van der Waals surface area (Å²) in [5.41, 5.74) is 1.10. The molecular weight excluding hydrogens is 491 g/mol. The smallest absolute Gasteiger partial charge is 0.326 e. The van der Waals surface area contributed by atoms with Crippen molar-refractivity contribution in [3.63, 3.8) is 0 Å². The van der Waals surface area contributed by atoms with Gasteiger partial charge in [-0.15, -0.1) is 0 Å². The Morgan fingerprint density at radius 3 is 2.50 bits per heavy atom. The Bertz CT molecular complexity index is 1070. The Kier molecular flexibility index (Phi) is 4.33. The molecule has 4 rings (SSSR count). The molecule has 2 aromatic carbocycles. The highest BCUT2D eigenvalue weighted by molar-refractivity contribution is 9.11. The molecule has 2 heterocycles. The average Bonchev–Trinajstić information content (AvgIpc) is 3.00. The number of esters is 1. The number of benzene rings is 2. The van der Waals surface area contributed by atoms with Crippen LogP contribution in [0.1, 0.15) is 21.8 Å². The third kappa shape index (κ3) is 2.49. The van der Waals surface area contributed by atoms with Crippen molar-refractivity contribution in [3.8, 4) is 11.5 Å². The van der Waals surface area contributed by atoms with E-state index >= 15 is 0 Å². The molecule has 1 unspecified atom stereocenters. The van der Waals surface area contributed by atoms with E-state index in [1.807, 2.05) is 0 Å². The minimum absolute atomic E-state index is 0.0939. The molecule has 0 saturated carbocycles. The lowest BCUT2D eigenvalue weighted by molar-refractivity contribution is -0.135. The third-order valence-corrected chi connectivity index (χ3v) is 5.74. The van der Waals surface area contributed by atoms with E-state index in [2.05, 4.69) is 31.9 Å². The first-order valence-electron chi connectivity index (χ1n) is 7.41. The van der Waals surface area contributed by atoms with Crippen molar-refractivity contribution in [2.75, 3.05) is 7.11 Å². The number of carbonyl (C=O) groups excluding carboxylic acids is 2. The molecule has 1 aliphatic rings. The fraction of sp³-hybridized carbons (Fsp3) is 0.111. The quantitative estimate of drug-likeness (QED) is 0.264. The Hall–Kier alpha value is -1.83. The number of furan rings is 1. The van der Waals surface area contributed by atoms with E-state index in [9.17, 15) is 9.59 Å². The predicted molar refractivity (Wildman–Crippen MR) is 102 cm³/mol. The Morgan fingerprint density at radius 2 is 1.85 bits per heavy atom. The number of hydrogen-bond acceptors (Lipinski definition) is 5. The van der Waals surface area contributed by atoms with Gasteiger partial charge in [0.1, 0.15) is 28.0 Å². The molecule has 5 nitrogen and oxygen atoms in total. The number of Topliss-reactive ketones (excluding diaryl/α,β-unsaturated/α-hetero) is 1. The van der Waals surface area contributed by atoms with E-state index in [0.717, 1.165) is 0 Å². The normalized spacial score (nSPS) is 16.5. The summed E-state index contributed by atoms with van der Waals surface area (Å²) in [6.07, 6.45) is 1.48. The monoisotopic (exact) mass is 498 g/mol. The second-order valence-electron chi connectivity index (χ2n) is 5.61. The highest BCUT2D eigenvalue weighted by Crippen LogP contribution is 2.50. The molecule has 1 aliphatic heterocycles. The molecular formula is C18H9Br2ClO5. The zero-order valence-corrected chi connectivity index (χ0v) is 17.1. The first kappa shape index (κ1) is 17.6. The molecule has 0 bridgehead atoms. The van der Waals surface area contributed by atoms with Crippen molar-refractivity contribution in [2.24, 2.45) is 0 Å². The molecule has 0 fully saturated rings. The van der Waals surface area contributed by atoms with Crippen LogP contribution in [0.15, 0.2) is 43.9 Å². The van der Waals surface area contributed by atoms with Crippen LogP contribution in [0.2, 0.25) is 5.02 Å². The van der Waals surface area contributed by atoms with Gasteiger partial charge in [-0.2, -0.15) is 0 Å². The molecule has 8 heteroatoms. The second-order valence-corrected chi connectivity index (χ2v) is 7.69. The van der Waals surface area contributed by atoms with Gasteiger partial charge in [0.25, 0.3) is 0 Å². The zero-order chi connectivity index (χ0) is 18.6. The number of methoxy groups -OCH3 is 1. The molecule has 0 N–H and O–H groups in total. The summed E-state index contributed by atoms with van der Waals surface area (Å²) in [6, 6.07) is 6.50. The summed E-state index contributed by atoms with van der Waals surface area (Å²) in [6.45, 7) is 0. The van der Waals surface area contributed by atoms with Gasteiger partial charge in [0.05, 0.1) is 17.0 Å². The Morgan fingerprint density at radius 1 is 1.15 bits per heavy atom. The molecule has 132 valence electrons. The molecule has 26 heavy (non-hydrogen) atoms. The highest BCUT2D eigenvalue weighted by atomic mass is 79.9. The molecule has 1 aromatic heterocycles. The fourth-order valence-corrected chi connectivity index (χ4v) is 4.18. The van der Waals surface area contributed by atoms with Crippen molar-refractivity contribution in [1.82, 2.24) is 0 Å². The predicted octanol–water partition coefficient (Wildman–Crippen LogP) is 5.51. The standard InChI is InChI=1S/C18H9Br2ClO5/c1-24-15-11-9(19)6-25-16(11)13(20)17-12(15)14(22)10(18(23)26-17)7-2-4-8(21)5-3-7/h2-6,10H,1H3. The summed E-state index contributed by atoms with van der Waals surface area (Å²) in [4.78, 5) is 25.8. The summed E-state index contributed by atoms with van der Waals surface area (Å²) in [7, 11) is 1.45. The van der Waals surface area contributed by atoms with Crippen LogP contribution >= 0.6 is 43.5 Å². The van der Waals surface area contributed by atoms with E-state index in [0.29, 0.717) is 30.5 Å². The highest BCUT2D eigenvalue weighted by Gasteiger charge is 2.42. The summed E-state index contributed by atoms with van der Waals surface area (Å²) in [5, 5.41) is 1.09. The number of ketones is 1. The van der Waals surface area contributed by atoms with Gasteiger partial charge < -0.3 is 13.9 Å². The first-order valence-corrected chi connectivity index (χ1v) is 9.38. The topological polar surface area (TPSA) is 65.7 Å². The largest absolute Gasteiger partial charge is 0.495 e. The molecule has 0 saturated heterocycles. The van der Waals surface area contributed by atoms with Gasteiger partial charge in [-0.25, -0.2) is 0 Å². The van der Waals surface area contributed by atoms with E-state index < -0.39 is 17.7 Å². The van der Waals surface area contributed by atoms with Crippen LogP contribution in [-0.4, -0.2) is 18.9 Å². The van der Waals surface area contributed by atoms with Crippen LogP contribution in [0.3, 0.4) is 0 Å². The minimum Gasteiger partial charge on any atom is -0.495 e. The number of fused-ring (bicyclic) bond motifs is 2. The van der Waals surface area contributed by atoms with Crippen LogP contribution in [0.4, 0.5) is 0 Å². The molecule has 0 radical (unpaired) electrons. The minimum atomic E-state index is -1.09. The molecule has 0 spiro atoms. The SMILES string of the molecule is COc1c2c(c(Br)c3occ(Br)c13)OC(=O)C(c1ccc(Cl)cc1)C2=O. The van der Waals surface area contributed by atoms with E-state index in [-0.39, 0.29) is 17.1 Å². The van der Waals surface area contributed by atoms with Gasteiger partial charge in [-0.05, 0) is 49.6 Å². The van der Waals surface area contributed by atoms with E-state index in [4.69, 9.17) is 25.5 Å². The van der Waals surface area contributed by atoms with Crippen molar-refractivity contribution >= 4 is 66.2 Å². The number of carbonyl (C=O) groups is 2. The number of rotatable bonds is 2. The van der Waals surface area contributed by atoms with Gasteiger partial charge in [0.15, 0.2) is 17.1 Å². The molecule has 0 amide bonds. The van der Waals surface area contributed by atoms with Gasteiger partial charge in [-0.1, -0.05) is 23.7 Å². The van der Waals surface area contributed by atoms with Crippen molar-refractivity contribution in [2.45, 2.75) is 5.92 Å². The van der Waals surface area contributed by atoms with E-state index in [1.165, 1.54) is 13.4 Å². The molecule has 1 atom stereocenters. The first-order chi connectivity index (χ1) is 12.4. The van der Waals surface area contributed by atoms with Crippen molar-refractivity contribution < 1.29 is 23.5 Å². The Labute approximate surface area is 169 Å². The number of hydrogen-bond donors (Lipinski definition) is 0. The van der Waals surface area contributed by atoms with Crippen LogP contribution in [-0.2, 0) is 4.79 Å². The number of halogens is 3. The maximum Gasteiger partial charge on any atom is 0.326 e. The van der Waals surface area contributed by atoms with Gasteiger partial charge in [-0.3, -0.25) is 9.59 Å². The summed E-state index contributed by atoms with van der Waals surface area (Å²) < 4.78 is 17.5. The fourth-order valence-electron chi connectivity index (χ4n) is 3.03. The van der Waals surface area contributed by atoms with Crippen LogP contribution in [0.25, 0.3) is 11.0 Å². The lowest BCUT2D eigenvalue weighted by Gasteiger charge is -2.25. The van der Waals surface area contributed by atoms with Gasteiger partial charge in [0.2, 0.25) is 0 Å². The maximum atomic E-state index is 13.2. The number of ether oxygens (including phenoxy) is 2. The Balaban J connectivity index is 1.99. The van der Waals surface area contributed by atoms with E-state index in [1.54, 1.807) is 24.3 Å². The van der Waals surface area contributed by atoms with Crippen LogP contribution in [0.5, 0.6) is 11.5 Å². The third-order valence-electron chi connectivity index (χ3n) is 4.18. The van der Waals surface area contributed by atoms with Crippen molar-refractivity contribution in [1.29, 1.82) is 0 Å². The summed E-state index contributed by atoms with van der Waals surface area (Å²) in [5.74, 6) is -1.79. The summed E-state index contributed by atoms with van der Waals surface area (Å²) >= 11 is 12.7. The second kappa shape index (κ2) is 6.40. The molecule has 0 aliphatic carbocycles. The lowest BCUT2D eigenvalue weighted by atomic mass is 9.87. The maximum absolute atomic E-state index is 13.2. The lowest BCUT2D eigenvalue weighted by Crippen LogP contribution is -2.32. The molecule has 3 aromatic rings. The van der Waals surface area contributed by atoms with Crippen LogP contribution < -0.4 is 9.47 Å². The van der Waals surface area contributed by atoms with Crippen molar-refractivity contribution in [3.05, 3.63) is 55.6 Å².